The number of anilines is 3. The molecule has 1 aromatic heterocycles. The second-order valence-electron chi connectivity index (χ2n) is 9.17. The number of fused-ring (bicyclic) bond motifs is 1. The Labute approximate surface area is 224 Å². The number of hydrogen-bond acceptors (Lipinski definition) is 4. The molecule has 9 heteroatoms. The van der Waals surface area contributed by atoms with Gasteiger partial charge in [-0.15, -0.1) is 0 Å². The molecule has 7 nitrogen and oxygen atoms in total. The number of aryl methyl sites for hydroxylation is 2. The second-order valence-corrected chi connectivity index (χ2v) is 9.58. The number of carbonyl (C=O) groups is 2. The summed E-state index contributed by atoms with van der Waals surface area (Å²) in [7, 11) is 0. The number of rotatable bonds is 5. The Morgan fingerprint density at radius 1 is 0.974 bits per heavy atom. The van der Waals surface area contributed by atoms with Gasteiger partial charge in [-0.25, -0.2) is 9.07 Å². The first kappa shape index (κ1) is 25.2. The van der Waals surface area contributed by atoms with Crippen molar-refractivity contribution < 1.29 is 14.0 Å². The number of aromatic nitrogens is 2. The van der Waals surface area contributed by atoms with E-state index >= 15 is 0 Å². The summed E-state index contributed by atoms with van der Waals surface area (Å²) in [5.41, 5.74) is 5.07. The Morgan fingerprint density at radius 3 is 2.42 bits per heavy atom. The van der Waals surface area contributed by atoms with E-state index in [0.29, 0.717) is 39.0 Å². The zero-order chi connectivity index (χ0) is 27.0. The maximum absolute atomic E-state index is 13.7. The van der Waals surface area contributed by atoms with E-state index in [0.717, 1.165) is 11.1 Å². The van der Waals surface area contributed by atoms with Gasteiger partial charge in [-0.05, 0) is 62.7 Å². The van der Waals surface area contributed by atoms with Gasteiger partial charge >= 0.3 is 0 Å². The molecule has 0 saturated heterocycles. The number of halogens is 2. The molecule has 3 N–H and O–H groups in total. The number of benzene rings is 3. The van der Waals surface area contributed by atoms with Crippen LogP contribution in [0.1, 0.15) is 40.0 Å². The van der Waals surface area contributed by atoms with Gasteiger partial charge in [-0.1, -0.05) is 47.5 Å². The molecule has 3 aromatic carbocycles. The summed E-state index contributed by atoms with van der Waals surface area (Å²) in [4.78, 5) is 26.9. The lowest BCUT2D eigenvalue weighted by molar-refractivity contribution is -0.113. The first-order chi connectivity index (χ1) is 18.2. The molecule has 38 heavy (non-hydrogen) atoms. The van der Waals surface area contributed by atoms with Gasteiger partial charge in [0.2, 0.25) is 0 Å². The lowest BCUT2D eigenvalue weighted by Crippen LogP contribution is -2.32. The quantitative estimate of drug-likeness (QED) is 0.276. The van der Waals surface area contributed by atoms with E-state index < -0.39 is 17.8 Å². The SMILES string of the molecule is CC1=C(C(=O)Nc2ccc(C)cc2C)C(c2ccccc2Cl)n2ncc(C(=O)Nc3ccc(F)cc3)c2N1. The molecule has 1 unspecified atom stereocenters. The highest BCUT2D eigenvalue weighted by molar-refractivity contribution is 6.31. The number of nitrogens with zero attached hydrogens (tertiary/aromatic N) is 2. The lowest BCUT2D eigenvalue weighted by atomic mass is 9.94. The molecule has 2 heterocycles. The summed E-state index contributed by atoms with van der Waals surface area (Å²) in [6.45, 7) is 5.71. The maximum atomic E-state index is 13.7. The van der Waals surface area contributed by atoms with Crippen LogP contribution in [0, 0.1) is 19.7 Å². The van der Waals surface area contributed by atoms with Crippen LogP contribution in [0.2, 0.25) is 5.02 Å². The molecule has 0 aliphatic carbocycles. The molecule has 1 aliphatic rings. The summed E-state index contributed by atoms with van der Waals surface area (Å²) in [5, 5.41) is 13.9. The van der Waals surface area contributed by atoms with Crippen LogP contribution in [0.25, 0.3) is 0 Å². The van der Waals surface area contributed by atoms with Crippen molar-refractivity contribution >= 4 is 40.6 Å². The van der Waals surface area contributed by atoms with Gasteiger partial charge in [0, 0.05) is 27.7 Å². The average molecular weight is 530 g/mol. The fourth-order valence-electron chi connectivity index (χ4n) is 4.57. The highest BCUT2D eigenvalue weighted by atomic mass is 35.5. The zero-order valence-corrected chi connectivity index (χ0v) is 21.7. The van der Waals surface area contributed by atoms with E-state index in [2.05, 4.69) is 21.0 Å². The Bertz CT molecular complexity index is 1590. The highest BCUT2D eigenvalue weighted by Gasteiger charge is 2.36. The van der Waals surface area contributed by atoms with Gasteiger partial charge < -0.3 is 16.0 Å². The minimum atomic E-state index is -0.696. The fraction of sp³-hybridized carbons (Fsp3) is 0.138. The van der Waals surface area contributed by atoms with Crippen LogP contribution in [0.5, 0.6) is 0 Å². The van der Waals surface area contributed by atoms with E-state index in [4.69, 9.17) is 11.6 Å². The summed E-state index contributed by atoms with van der Waals surface area (Å²) >= 11 is 6.61. The van der Waals surface area contributed by atoms with Gasteiger partial charge in [0.15, 0.2) is 0 Å². The predicted molar refractivity (Wildman–Crippen MR) is 147 cm³/mol. The van der Waals surface area contributed by atoms with E-state index in [1.807, 2.05) is 50.2 Å². The molecule has 5 rings (SSSR count). The fourth-order valence-corrected chi connectivity index (χ4v) is 4.81. The van der Waals surface area contributed by atoms with E-state index in [9.17, 15) is 14.0 Å². The molecule has 0 bridgehead atoms. The van der Waals surface area contributed by atoms with Gasteiger partial charge in [-0.3, -0.25) is 9.59 Å². The van der Waals surface area contributed by atoms with Crippen LogP contribution in [0.15, 0.2) is 84.2 Å². The van der Waals surface area contributed by atoms with Crippen LogP contribution in [-0.4, -0.2) is 21.6 Å². The smallest absolute Gasteiger partial charge is 0.261 e. The van der Waals surface area contributed by atoms with Gasteiger partial charge in [0.25, 0.3) is 11.8 Å². The monoisotopic (exact) mass is 529 g/mol. The molecule has 2 amide bonds. The van der Waals surface area contributed by atoms with E-state index in [-0.39, 0.29) is 11.5 Å². The minimum absolute atomic E-state index is 0.263. The Hall–Kier alpha value is -4.43. The summed E-state index contributed by atoms with van der Waals surface area (Å²) in [6.07, 6.45) is 1.43. The third-order valence-electron chi connectivity index (χ3n) is 6.44. The molecule has 192 valence electrons. The predicted octanol–water partition coefficient (Wildman–Crippen LogP) is 6.47. The minimum Gasteiger partial charge on any atom is -0.343 e. The molecular weight excluding hydrogens is 505 g/mol. The van der Waals surface area contributed by atoms with Crippen molar-refractivity contribution in [3.8, 4) is 0 Å². The average Bonchev–Trinajstić information content (AvgIpc) is 3.30. The van der Waals surface area contributed by atoms with Crippen molar-refractivity contribution in [3.05, 3.63) is 117 Å². The van der Waals surface area contributed by atoms with Crippen molar-refractivity contribution in [3.63, 3.8) is 0 Å². The van der Waals surface area contributed by atoms with E-state index in [1.165, 1.54) is 30.5 Å². The molecule has 4 aromatic rings. The number of nitrogens with one attached hydrogen (secondary N) is 3. The zero-order valence-electron chi connectivity index (χ0n) is 21.0. The molecule has 0 fully saturated rings. The van der Waals surface area contributed by atoms with Crippen LogP contribution < -0.4 is 16.0 Å². The second kappa shape index (κ2) is 10.1. The van der Waals surface area contributed by atoms with Crippen LogP contribution in [0.4, 0.5) is 21.6 Å². The third kappa shape index (κ3) is 4.78. The van der Waals surface area contributed by atoms with Crippen molar-refractivity contribution in [1.82, 2.24) is 9.78 Å². The summed E-state index contributed by atoms with van der Waals surface area (Å²) < 4.78 is 14.9. The number of allylic oxidation sites excluding steroid dienone is 1. The molecule has 1 aliphatic heterocycles. The third-order valence-corrected chi connectivity index (χ3v) is 6.79. The van der Waals surface area contributed by atoms with Gasteiger partial charge in [0.05, 0.1) is 11.8 Å². The van der Waals surface area contributed by atoms with Crippen molar-refractivity contribution in [2.75, 3.05) is 16.0 Å². The van der Waals surface area contributed by atoms with Crippen molar-refractivity contribution in [2.45, 2.75) is 26.8 Å². The summed E-state index contributed by atoms with van der Waals surface area (Å²) in [6, 6.07) is 17.8. The van der Waals surface area contributed by atoms with Crippen LogP contribution >= 0.6 is 11.6 Å². The highest BCUT2D eigenvalue weighted by Crippen LogP contribution is 2.40. The largest absolute Gasteiger partial charge is 0.343 e. The Balaban J connectivity index is 1.55. The molecular formula is C29H25ClFN5O2. The summed E-state index contributed by atoms with van der Waals surface area (Å²) in [5.74, 6) is -0.734. The molecule has 0 radical (unpaired) electrons. The normalized spacial score (nSPS) is 14.5. The molecule has 0 saturated carbocycles. The standard InChI is InChI=1S/C29H25ClFN5O2/c1-16-8-13-24(17(2)14-16)35-29(38)25-18(3)33-27-22(28(37)34-20-11-9-19(31)10-12-20)15-32-36(27)26(25)21-6-4-5-7-23(21)30/h4-15,26,33H,1-3H3,(H,34,37)(H,35,38). The molecule has 0 spiro atoms. The van der Waals surface area contributed by atoms with Crippen LogP contribution in [-0.2, 0) is 4.79 Å². The number of carbonyl (C=O) groups excluding carboxylic acids is 2. The van der Waals surface area contributed by atoms with E-state index in [1.54, 1.807) is 17.7 Å². The Kier molecular flexibility index (Phi) is 6.73. The Morgan fingerprint density at radius 2 is 1.71 bits per heavy atom. The van der Waals surface area contributed by atoms with Crippen molar-refractivity contribution in [1.29, 1.82) is 0 Å². The number of amides is 2. The van der Waals surface area contributed by atoms with Crippen LogP contribution in [0.3, 0.4) is 0 Å². The number of hydrogen-bond donors (Lipinski definition) is 3. The van der Waals surface area contributed by atoms with Gasteiger partial charge in [-0.2, -0.15) is 5.10 Å². The maximum Gasteiger partial charge on any atom is 0.261 e. The first-order valence-electron chi connectivity index (χ1n) is 12.0. The van der Waals surface area contributed by atoms with Crippen molar-refractivity contribution in [2.24, 2.45) is 0 Å². The molecule has 1 atom stereocenters. The first-order valence-corrected chi connectivity index (χ1v) is 12.4. The van der Waals surface area contributed by atoms with Gasteiger partial charge in [0.1, 0.15) is 23.2 Å². The lowest BCUT2D eigenvalue weighted by Gasteiger charge is -2.30. The topological polar surface area (TPSA) is 88.0 Å².